The van der Waals surface area contributed by atoms with Crippen molar-refractivity contribution in [3.05, 3.63) is 64.4 Å². The molecule has 2 aromatic carbocycles. The molecule has 0 aliphatic rings. The summed E-state index contributed by atoms with van der Waals surface area (Å²) in [6.07, 6.45) is 0. The molecule has 2 heterocycles. The summed E-state index contributed by atoms with van der Waals surface area (Å²) >= 11 is 8.08. The number of nitrogens with zero attached hydrogens (tertiary/aromatic N) is 4. The van der Waals surface area contributed by atoms with Gasteiger partial charge >= 0.3 is 6.55 Å². The van der Waals surface area contributed by atoms with Crippen molar-refractivity contribution in [2.75, 3.05) is 0 Å². The van der Waals surface area contributed by atoms with E-state index in [0.29, 0.717) is 25.2 Å². The van der Waals surface area contributed by atoms with Gasteiger partial charge in [0.05, 0.1) is 22.5 Å². The molecule has 9 heteroatoms. The van der Waals surface area contributed by atoms with E-state index in [4.69, 9.17) is 12.2 Å². The Balaban J connectivity index is 1.61. The Labute approximate surface area is 161 Å². The first-order valence-corrected chi connectivity index (χ1v) is 9.87. The molecule has 0 amide bonds. The number of thioether (sulfide) groups is 1. The molecule has 0 aliphatic carbocycles. The summed E-state index contributed by atoms with van der Waals surface area (Å²) in [5, 5.41) is 4.49. The third kappa shape index (κ3) is 3.29. The van der Waals surface area contributed by atoms with E-state index in [2.05, 4.69) is 10.1 Å². The van der Waals surface area contributed by atoms with Crippen LogP contribution in [0.3, 0.4) is 0 Å². The highest BCUT2D eigenvalue weighted by Gasteiger charge is 2.18. The van der Waals surface area contributed by atoms with Crippen molar-refractivity contribution in [2.45, 2.75) is 16.6 Å². The molecule has 0 saturated carbocycles. The van der Waals surface area contributed by atoms with Crippen LogP contribution >= 0.6 is 35.3 Å². The number of rotatable bonds is 5. The Hall–Kier alpha value is -2.10. The topological polar surface area (TPSA) is 35.6 Å². The number of hydrogen-bond acceptors (Lipinski definition) is 5. The normalized spacial score (nSPS) is 11.5. The van der Waals surface area contributed by atoms with Crippen molar-refractivity contribution in [3.63, 3.8) is 0 Å². The van der Waals surface area contributed by atoms with Gasteiger partial charge < -0.3 is 0 Å². The maximum Gasteiger partial charge on any atom is 0.320 e. The quantitative estimate of drug-likeness (QED) is 0.315. The molecule has 0 spiro atoms. The van der Waals surface area contributed by atoms with Crippen molar-refractivity contribution in [1.29, 1.82) is 0 Å². The fourth-order valence-electron chi connectivity index (χ4n) is 2.59. The molecule has 0 radical (unpaired) electrons. The van der Waals surface area contributed by atoms with Gasteiger partial charge in [-0.3, -0.25) is 4.57 Å². The molecule has 0 N–H and O–H groups in total. The lowest BCUT2D eigenvalue weighted by molar-refractivity contribution is 0.0722. The number of para-hydroxylation sites is 3. The standard InChI is InChI=1S/C17H12F2N4S3/c18-15(19)22-13-9-5-4-8-12(13)20-14(22)10-25-16-21-23(17(24)26-16)11-6-2-1-3-7-11/h1-9,15H,10H2. The molecule has 26 heavy (non-hydrogen) atoms. The van der Waals surface area contributed by atoms with Crippen molar-refractivity contribution in [1.82, 2.24) is 19.3 Å². The van der Waals surface area contributed by atoms with E-state index in [1.165, 1.54) is 23.1 Å². The zero-order valence-electron chi connectivity index (χ0n) is 13.3. The molecule has 4 rings (SSSR count). The Morgan fingerprint density at radius 2 is 1.81 bits per heavy atom. The van der Waals surface area contributed by atoms with Crippen LogP contribution in [0.15, 0.2) is 58.9 Å². The van der Waals surface area contributed by atoms with Gasteiger partial charge in [-0.25, -0.2) is 9.67 Å². The van der Waals surface area contributed by atoms with Crippen molar-refractivity contribution < 1.29 is 8.78 Å². The van der Waals surface area contributed by atoms with Crippen LogP contribution in [0.5, 0.6) is 0 Å². The van der Waals surface area contributed by atoms with Gasteiger partial charge in [-0.15, -0.1) is 5.10 Å². The number of hydrogen-bond donors (Lipinski definition) is 0. The summed E-state index contributed by atoms with van der Waals surface area (Å²) < 4.78 is 30.9. The Kier molecular flexibility index (Phi) is 4.84. The van der Waals surface area contributed by atoms with Crippen LogP contribution in [0.2, 0.25) is 0 Å². The van der Waals surface area contributed by atoms with Gasteiger partial charge in [-0.1, -0.05) is 53.4 Å². The molecule has 0 saturated heterocycles. The van der Waals surface area contributed by atoms with Crippen LogP contribution in [0.4, 0.5) is 8.78 Å². The van der Waals surface area contributed by atoms with Gasteiger partial charge in [0, 0.05) is 0 Å². The highest BCUT2D eigenvalue weighted by atomic mass is 32.2. The van der Waals surface area contributed by atoms with E-state index in [1.54, 1.807) is 28.9 Å². The maximum absolute atomic E-state index is 13.5. The summed E-state index contributed by atoms with van der Waals surface area (Å²) in [6, 6.07) is 16.5. The summed E-state index contributed by atoms with van der Waals surface area (Å²) in [5.41, 5.74) is 1.87. The third-order valence-electron chi connectivity index (χ3n) is 3.72. The number of imidazole rings is 1. The molecule has 0 fully saturated rings. The van der Waals surface area contributed by atoms with Gasteiger partial charge in [0.15, 0.2) is 8.29 Å². The van der Waals surface area contributed by atoms with E-state index < -0.39 is 6.55 Å². The van der Waals surface area contributed by atoms with Gasteiger partial charge in [-0.05, 0) is 36.5 Å². The summed E-state index contributed by atoms with van der Waals surface area (Å²) in [7, 11) is 0. The minimum Gasteiger partial charge on any atom is -0.269 e. The number of halogens is 2. The van der Waals surface area contributed by atoms with Gasteiger partial charge in [0.1, 0.15) is 5.82 Å². The molecular formula is C17H12F2N4S3. The molecule has 0 bridgehead atoms. The van der Waals surface area contributed by atoms with Crippen LogP contribution < -0.4 is 0 Å². The lowest BCUT2D eigenvalue weighted by atomic mass is 10.3. The molecule has 132 valence electrons. The minimum absolute atomic E-state index is 0.288. The second kappa shape index (κ2) is 7.26. The number of fused-ring (bicyclic) bond motifs is 1. The van der Waals surface area contributed by atoms with E-state index in [0.717, 1.165) is 10.3 Å². The predicted octanol–water partition coefficient (Wildman–Crippen LogP) is 5.70. The van der Waals surface area contributed by atoms with Crippen molar-refractivity contribution in [3.8, 4) is 5.69 Å². The first-order valence-electron chi connectivity index (χ1n) is 7.66. The number of aromatic nitrogens is 4. The molecule has 4 nitrogen and oxygen atoms in total. The van der Waals surface area contributed by atoms with Crippen LogP contribution in [0.25, 0.3) is 16.7 Å². The first kappa shape index (κ1) is 17.3. The highest BCUT2D eigenvalue weighted by molar-refractivity contribution is 8.00. The summed E-state index contributed by atoms with van der Waals surface area (Å²) in [4.78, 5) is 4.34. The Bertz CT molecular complexity index is 1100. The second-order valence-corrected chi connectivity index (χ2v) is 8.18. The molecule has 0 aliphatic heterocycles. The van der Waals surface area contributed by atoms with Gasteiger partial charge in [-0.2, -0.15) is 8.78 Å². The van der Waals surface area contributed by atoms with Crippen molar-refractivity contribution >= 4 is 46.3 Å². The predicted molar refractivity (Wildman–Crippen MR) is 103 cm³/mol. The lowest BCUT2D eigenvalue weighted by Gasteiger charge is -2.06. The summed E-state index contributed by atoms with van der Waals surface area (Å²) in [6.45, 7) is -2.64. The van der Waals surface area contributed by atoms with Crippen LogP contribution in [-0.4, -0.2) is 19.3 Å². The van der Waals surface area contributed by atoms with Crippen LogP contribution in [-0.2, 0) is 5.75 Å². The van der Waals surface area contributed by atoms with Gasteiger partial charge in [0.2, 0.25) is 0 Å². The molecule has 0 atom stereocenters. The third-order valence-corrected chi connectivity index (χ3v) is 6.08. The first-order chi connectivity index (χ1) is 12.6. The SMILES string of the molecule is FC(F)n1c(CSc2nn(-c3ccccc3)c(=S)s2)nc2ccccc21. The molecule has 2 aromatic heterocycles. The number of benzene rings is 2. The van der Waals surface area contributed by atoms with Crippen LogP contribution in [0.1, 0.15) is 12.4 Å². The molecular weight excluding hydrogens is 394 g/mol. The average Bonchev–Trinajstić information content (AvgIpc) is 3.20. The Morgan fingerprint density at radius 1 is 1.08 bits per heavy atom. The fourth-order valence-corrected chi connectivity index (χ4v) is 4.88. The van der Waals surface area contributed by atoms with E-state index in [9.17, 15) is 8.78 Å². The maximum atomic E-state index is 13.5. The summed E-state index contributed by atoms with van der Waals surface area (Å²) in [5.74, 6) is 0.606. The molecule has 4 aromatic rings. The zero-order valence-corrected chi connectivity index (χ0v) is 15.7. The minimum atomic E-state index is -2.64. The van der Waals surface area contributed by atoms with E-state index >= 15 is 0 Å². The van der Waals surface area contributed by atoms with Gasteiger partial charge in [0.25, 0.3) is 0 Å². The highest BCUT2D eigenvalue weighted by Crippen LogP contribution is 2.30. The van der Waals surface area contributed by atoms with E-state index in [1.807, 2.05) is 30.3 Å². The zero-order chi connectivity index (χ0) is 18.1. The smallest absolute Gasteiger partial charge is 0.269 e. The van der Waals surface area contributed by atoms with Crippen molar-refractivity contribution in [2.24, 2.45) is 0 Å². The monoisotopic (exact) mass is 406 g/mol. The Morgan fingerprint density at radius 3 is 2.58 bits per heavy atom. The lowest BCUT2D eigenvalue weighted by Crippen LogP contribution is -2.03. The largest absolute Gasteiger partial charge is 0.320 e. The van der Waals surface area contributed by atoms with Crippen LogP contribution in [0, 0.1) is 3.95 Å². The molecule has 0 unspecified atom stereocenters. The fraction of sp³-hybridized carbons (Fsp3) is 0.118. The average molecular weight is 407 g/mol. The second-order valence-electron chi connectivity index (χ2n) is 5.33. The number of alkyl halides is 2. The van der Waals surface area contributed by atoms with E-state index in [-0.39, 0.29) is 5.75 Å².